The van der Waals surface area contributed by atoms with E-state index in [2.05, 4.69) is 10.6 Å². The highest BCUT2D eigenvalue weighted by Crippen LogP contribution is 2.22. The summed E-state index contributed by atoms with van der Waals surface area (Å²) in [5.41, 5.74) is -0.189. The maximum Gasteiger partial charge on any atom is 0.340 e. The van der Waals surface area contributed by atoms with Crippen molar-refractivity contribution in [3.63, 3.8) is 0 Å². The van der Waals surface area contributed by atoms with E-state index in [4.69, 9.17) is 16.3 Å². The zero-order chi connectivity index (χ0) is 19.9. The molecule has 1 aromatic carbocycles. The van der Waals surface area contributed by atoms with E-state index in [9.17, 15) is 22.8 Å². The Labute approximate surface area is 156 Å². The van der Waals surface area contributed by atoms with Gasteiger partial charge in [0.2, 0.25) is 15.9 Å². The normalized spacial score (nSPS) is 11.1. The number of likely N-dealkylation sites (N-methyl/N-ethyl adjacent to an activating group) is 1. The fourth-order valence-corrected chi connectivity index (χ4v) is 2.85. The van der Waals surface area contributed by atoms with Gasteiger partial charge in [-0.15, -0.1) is 0 Å². The van der Waals surface area contributed by atoms with Crippen molar-refractivity contribution >= 4 is 39.4 Å². The molecule has 0 saturated carbocycles. The average molecular weight is 406 g/mol. The van der Waals surface area contributed by atoms with Crippen molar-refractivity contribution in [1.29, 1.82) is 0 Å². The number of nitrogens with zero attached hydrogens (tertiary/aromatic N) is 1. The molecule has 0 fully saturated rings. The molecule has 0 saturated heterocycles. The second-order valence-electron chi connectivity index (χ2n) is 5.24. The quantitative estimate of drug-likeness (QED) is 0.587. The van der Waals surface area contributed by atoms with E-state index in [0.717, 1.165) is 10.4 Å². The molecule has 0 aromatic heterocycles. The molecule has 1 aromatic rings. The highest BCUT2D eigenvalue weighted by atomic mass is 35.5. The number of carbonyl (C=O) groups excluding carboxylic acids is 3. The summed E-state index contributed by atoms with van der Waals surface area (Å²) < 4.78 is 30.0. The van der Waals surface area contributed by atoms with Gasteiger partial charge in [0.25, 0.3) is 5.91 Å². The van der Waals surface area contributed by atoms with Gasteiger partial charge in [0.15, 0.2) is 6.61 Å². The number of benzene rings is 1. The summed E-state index contributed by atoms with van der Waals surface area (Å²) in [5, 5.41) is 4.75. The number of nitrogens with one attached hydrogen (secondary N) is 2. The number of amides is 2. The van der Waals surface area contributed by atoms with Crippen LogP contribution in [0.2, 0.25) is 5.02 Å². The lowest BCUT2D eigenvalue weighted by Gasteiger charge is -2.13. The van der Waals surface area contributed by atoms with Gasteiger partial charge >= 0.3 is 5.97 Å². The van der Waals surface area contributed by atoms with Gasteiger partial charge in [-0.3, -0.25) is 9.59 Å². The van der Waals surface area contributed by atoms with E-state index in [0.29, 0.717) is 6.54 Å². The van der Waals surface area contributed by atoms with E-state index in [-0.39, 0.29) is 27.9 Å². The number of rotatable bonds is 8. The number of esters is 1. The summed E-state index contributed by atoms with van der Waals surface area (Å²) in [4.78, 5) is 34.8. The number of ether oxygens (including phenoxy) is 1. The van der Waals surface area contributed by atoms with Gasteiger partial charge in [-0.05, 0) is 25.1 Å². The summed E-state index contributed by atoms with van der Waals surface area (Å²) in [6.45, 7) is 1.27. The van der Waals surface area contributed by atoms with Crippen LogP contribution in [0.25, 0.3) is 0 Å². The molecule has 0 spiro atoms. The Morgan fingerprint density at radius 1 is 1.15 bits per heavy atom. The SMILES string of the molecule is CCNC(=O)CNC(=O)COC(=O)c1cc(S(=O)(=O)N(C)C)ccc1Cl. The first-order valence-electron chi connectivity index (χ1n) is 7.52. The minimum atomic E-state index is -3.76. The van der Waals surface area contributed by atoms with Crippen molar-refractivity contribution in [1.82, 2.24) is 14.9 Å². The standard InChI is InChI=1S/C15H20ClN3O6S/c1-4-17-13(20)8-18-14(21)9-25-15(22)11-7-10(5-6-12(11)16)26(23,24)19(2)3/h5-7H,4,8-9H2,1-3H3,(H,17,20)(H,18,21). The second kappa shape index (κ2) is 9.51. The monoisotopic (exact) mass is 405 g/mol. The molecule has 144 valence electrons. The van der Waals surface area contributed by atoms with Crippen LogP contribution in [0.15, 0.2) is 23.1 Å². The largest absolute Gasteiger partial charge is 0.452 e. The van der Waals surface area contributed by atoms with Gasteiger partial charge in [0.05, 0.1) is 22.0 Å². The van der Waals surface area contributed by atoms with E-state index in [1.54, 1.807) is 6.92 Å². The van der Waals surface area contributed by atoms with E-state index >= 15 is 0 Å². The minimum absolute atomic E-state index is 0.0181. The lowest BCUT2D eigenvalue weighted by molar-refractivity contribution is -0.127. The Kier molecular flexibility index (Phi) is 8.00. The lowest BCUT2D eigenvalue weighted by Crippen LogP contribution is -2.38. The number of sulfonamides is 1. The molecule has 11 heteroatoms. The molecule has 0 aliphatic rings. The zero-order valence-corrected chi connectivity index (χ0v) is 16.1. The van der Waals surface area contributed by atoms with E-state index in [1.807, 2.05) is 0 Å². The first kappa shape index (κ1) is 21.9. The van der Waals surface area contributed by atoms with Crippen molar-refractivity contribution in [3.8, 4) is 0 Å². The van der Waals surface area contributed by atoms with Gasteiger partial charge in [0.1, 0.15) is 0 Å². The molecule has 0 aliphatic carbocycles. The summed E-state index contributed by atoms with van der Waals surface area (Å²) in [7, 11) is -1.07. The van der Waals surface area contributed by atoms with Crippen LogP contribution in [0, 0.1) is 0 Å². The third-order valence-electron chi connectivity index (χ3n) is 3.09. The summed E-state index contributed by atoms with van der Waals surface area (Å²) in [6.07, 6.45) is 0. The van der Waals surface area contributed by atoms with Crippen LogP contribution in [-0.2, 0) is 24.3 Å². The van der Waals surface area contributed by atoms with Crippen molar-refractivity contribution < 1.29 is 27.5 Å². The van der Waals surface area contributed by atoms with E-state index in [1.165, 1.54) is 26.2 Å². The number of halogens is 1. The maximum absolute atomic E-state index is 12.1. The van der Waals surface area contributed by atoms with Crippen LogP contribution in [-0.4, -0.2) is 64.3 Å². The highest BCUT2D eigenvalue weighted by Gasteiger charge is 2.22. The Morgan fingerprint density at radius 2 is 1.81 bits per heavy atom. The fourth-order valence-electron chi connectivity index (χ4n) is 1.73. The molecule has 26 heavy (non-hydrogen) atoms. The molecule has 0 radical (unpaired) electrons. The van der Waals surface area contributed by atoms with Crippen LogP contribution < -0.4 is 10.6 Å². The minimum Gasteiger partial charge on any atom is -0.452 e. The molecule has 0 bridgehead atoms. The first-order chi connectivity index (χ1) is 12.1. The topological polar surface area (TPSA) is 122 Å². The molecule has 0 unspecified atom stereocenters. The fraction of sp³-hybridized carbons (Fsp3) is 0.400. The van der Waals surface area contributed by atoms with Crippen LogP contribution in [0.1, 0.15) is 17.3 Å². The molecule has 2 amide bonds. The Bertz CT molecular complexity index is 795. The summed E-state index contributed by atoms with van der Waals surface area (Å²) >= 11 is 5.91. The van der Waals surface area contributed by atoms with Crippen molar-refractivity contribution in [3.05, 3.63) is 28.8 Å². The van der Waals surface area contributed by atoms with Crippen LogP contribution in [0.5, 0.6) is 0 Å². The number of hydrogen-bond acceptors (Lipinski definition) is 6. The molecular formula is C15H20ClN3O6S. The predicted octanol–water partition coefficient (Wildman–Crippen LogP) is -0.000600. The summed E-state index contributed by atoms with van der Waals surface area (Å²) in [5.74, 6) is -2.02. The van der Waals surface area contributed by atoms with Gasteiger partial charge in [-0.25, -0.2) is 17.5 Å². The van der Waals surface area contributed by atoms with Gasteiger partial charge in [-0.1, -0.05) is 11.6 Å². The Hall–Kier alpha value is -2.17. The Balaban J connectivity index is 2.76. The third-order valence-corrected chi connectivity index (χ3v) is 5.23. The maximum atomic E-state index is 12.1. The second-order valence-corrected chi connectivity index (χ2v) is 7.79. The molecule has 0 aliphatic heterocycles. The number of hydrogen-bond donors (Lipinski definition) is 2. The van der Waals surface area contributed by atoms with Crippen LogP contribution in [0.4, 0.5) is 0 Å². The Morgan fingerprint density at radius 3 is 2.38 bits per heavy atom. The van der Waals surface area contributed by atoms with E-state index < -0.39 is 28.5 Å². The highest BCUT2D eigenvalue weighted by molar-refractivity contribution is 7.89. The average Bonchev–Trinajstić information content (AvgIpc) is 2.58. The van der Waals surface area contributed by atoms with Crippen molar-refractivity contribution in [2.45, 2.75) is 11.8 Å². The van der Waals surface area contributed by atoms with Crippen LogP contribution >= 0.6 is 11.6 Å². The van der Waals surface area contributed by atoms with Crippen molar-refractivity contribution in [2.75, 3.05) is 33.8 Å². The molecule has 0 heterocycles. The van der Waals surface area contributed by atoms with Gasteiger partial charge in [-0.2, -0.15) is 0 Å². The zero-order valence-electron chi connectivity index (χ0n) is 14.5. The lowest BCUT2D eigenvalue weighted by atomic mass is 10.2. The molecule has 0 atom stereocenters. The molecule has 9 nitrogen and oxygen atoms in total. The number of carbonyl (C=O) groups is 3. The van der Waals surface area contributed by atoms with Crippen LogP contribution in [0.3, 0.4) is 0 Å². The van der Waals surface area contributed by atoms with Gasteiger partial charge in [0, 0.05) is 20.6 Å². The first-order valence-corrected chi connectivity index (χ1v) is 9.34. The molecule has 2 N–H and O–H groups in total. The summed E-state index contributed by atoms with van der Waals surface area (Å²) in [6, 6.07) is 3.59. The smallest absolute Gasteiger partial charge is 0.340 e. The molecule has 1 rings (SSSR count). The van der Waals surface area contributed by atoms with Crippen molar-refractivity contribution in [2.24, 2.45) is 0 Å². The third kappa shape index (κ3) is 5.97. The van der Waals surface area contributed by atoms with Gasteiger partial charge < -0.3 is 15.4 Å². The molecular weight excluding hydrogens is 386 g/mol. The predicted molar refractivity (Wildman–Crippen MR) is 94.3 cm³/mol.